The number of aromatic nitrogens is 1. The van der Waals surface area contributed by atoms with E-state index in [0.717, 1.165) is 16.9 Å². The first-order chi connectivity index (χ1) is 15.6. The lowest BCUT2D eigenvalue weighted by molar-refractivity contribution is -0.119. The number of esters is 1. The number of anilines is 3. The van der Waals surface area contributed by atoms with Crippen molar-refractivity contribution in [3.05, 3.63) is 95.4 Å². The molecular formula is C25H21N3O3S. The number of carbonyl (C=O) groups is 2. The van der Waals surface area contributed by atoms with E-state index in [4.69, 9.17) is 4.74 Å². The largest absolute Gasteiger partial charge is 0.452 e. The van der Waals surface area contributed by atoms with Crippen molar-refractivity contribution in [3.63, 3.8) is 0 Å². The molecule has 4 aromatic rings. The Kier molecular flexibility index (Phi) is 6.57. The minimum Gasteiger partial charge on any atom is -0.452 e. The average molecular weight is 444 g/mol. The number of ether oxygens (including phenoxy) is 1. The molecule has 6 nitrogen and oxygen atoms in total. The maximum atomic E-state index is 12.6. The number of aryl methyl sites for hydroxylation is 1. The van der Waals surface area contributed by atoms with E-state index < -0.39 is 18.5 Å². The molecular weight excluding hydrogens is 422 g/mol. The van der Waals surface area contributed by atoms with Crippen LogP contribution in [0.4, 0.5) is 16.5 Å². The average Bonchev–Trinajstić information content (AvgIpc) is 3.27. The second-order valence-corrected chi connectivity index (χ2v) is 7.92. The van der Waals surface area contributed by atoms with Gasteiger partial charge in [0.15, 0.2) is 11.7 Å². The zero-order chi connectivity index (χ0) is 22.3. The molecule has 3 aromatic carbocycles. The molecule has 0 radical (unpaired) electrons. The fraction of sp³-hybridized carbons (Fsp3) is 0.0800. The highest BCUT2D eigenvalue weighted by Gasteiger charge is 2.15. The van der Waals surface area contributed by atoms with Gasteiger partial charge in [-0.15, -0.1) is 11.3 Å². The van der Waals surface area contributed by atoms with E-state index in [9.17, 15) is 9.59 Å². The van der Waals surface area contributed by atoms with Gasteiger partial charge in [-0.2, -0.15) is 0 Å². The highest BCUT2D eigenvalue weighted by molar-refractivity contribution is 7.14. The molecule has 0 bridgehead atoms. The van der Waals surface area contributed by atoms with Crippen molar-refractivity contribution in [1.29, 1.82) is 0 Å². The van der Waals surface area contributed by atoms with Gasteiger partial charge >= 0.3 is 5.97 Å². The van der Waals surface area contributed by atoms with Gasteiger partial charge in [0.2, 0.25) is 0 Å². The summed E-state index contributed by atoms with van der Waals surface area (Å²) in [6, 6.07) is 24.5. The van der Waals surface area contributed by atoms with Crippen molar-refractivity contribution in [2.24, 2.45) is 0 Å². The van der Waals surface area contributed by atoms with Gasteiger partial charge in [0.05, 0.1) is 16.9 Å². The molecule has 0 aliphatic rings. The first-order valence-corrected chi connectivity index (χ1v) is 10.9. The normalized spacial score (nSPS) is 10.4. The summed E-state index contributed by atoms with van der Waals surface area (Å²) in [5.74, 6) is -1.03. The Morgan fingerprint density at radius 3 is 2.44 bits per heavy atom. The lowest BCUT2D eigenvalue weighted by Gasteiger charge is -2.11. The third kappa shape index (κ3) is 5.39. The highest BCUT2D eigenvalue weighted by Crippen LogP contribution is 2.25. The molecule has 0 fully saturated rings. The molecule has 0 saturated heterocycles. The van der Waals surface area contributed by atoms with Crippen molar-refractivity contribution in [3.8, 4) is 11.3 Å². The lowest BCUT2D eigenvalue weighted by Crippen LogP contribution is -2.21. The Morgan fingerprint density at radius 1 is 0.938 bits per heavy atom. The maximum Gasteiger partial charge on any atom is 0.340 e. The van der Waals surface area contributed by atoms with Crippen LogP contribution in [-0.4, -0.2) is 23.5 Å². The van der Waals surface area contributed by atoms with Gasteiger partial charge in [-0.25, -0.2) is 9.78 Å². The van der Waals surface area contributed by atoms with Crippen LogP contribution in [-0.2, 0) is 9.53 Å². The van der Waals surface area contributed by atoms with Gasteiger partial charge in [0, 0.05) is 16.6 Å². The van der Waals surface area contributed by atoms with Crippen LogP contribution in [0.1, 0.15) is 15.9 Å². The first kappa shape index (κ1) is 21.3. The van der Waals surface area contributed by atoms with E-state index >= 15 is 0 Å². The number of hydrogen-bond donors (Lipinski definition) is 2. The van der Waals surface area contributed by atoms with Crippen LogP contribution in [0.2, 0.25) is 0 Å². The Labute approximate surface area is 189 Å². The summed E-state index contributed by atoms with van der Waals surface area (Å²) in [6.45, 7) is 1.62. The summed E-state index contributed by atoms with van der Waals surface area (Å²) >= 11 is 1.32. The number of rotatable bonds is 7. The van der Waals surface area contributed by atoms with Gasteiger partial charge in [0.1, 0.15) is 0 Å². The minimum atomic E-state index is -0.585. The molecule has 0 atom stereocenters. The molecule has 0 aliphatic heterocycles. The van der Waals surface area contributed by atoms with Gasteiger partial charge in [-0.3, -0.25) is 10.1 Å². The van der Waals surface area contributed by atoms with E-state index in [1.165, 1.54) is 16.9 Å². The summed E-state index contributed by atoms with van der Waals surface area (Å²) in [5, 5.41) is 8.20. The fourth-order valence-corrected chi connectivity index (χ4v) is 3.74. The van der Waals surface area contributed by atoms with Crippen LogP contribution < -0.4 is 10.6 Å². The van der Waals surface area contributed by atoms with E-state index in [0.29, 0.717) is 16.4 Å². The van der Waals surface area contributed by atoms with Crippen molar-refractivity contribution in [2.75, 3.05) is 17.2 Å². The Balaban J connectivity index is 1.35. The fourth-order valence-electron chi connectivity index (χ4n) is 3.00. The van der Waals surface area contributed by atoms with Crippen LogP contribution in [0.25, 0.3) is 11.3 Å². The van der Waals surface area contributed by atoms with Crippen LogP contribution in [0, 0.1) is 6.92 Å². The van der Waals surface area contributed by atoms with Crippen LogP contribution in [0.3, 0.4) is 0 Å². The maximum absolute atomic E-state index is 12.6. The van der Waals surface area contributed by atoms with Gasteiger partial charge < -0.3 is 10.1 Å². The van der Waals surface area contributed by atoms with Gasteiger partial charge in [-0.05, 0) is 31.2 Å². The van der Waals surface area contributed by atoms with Crippen molar-refractivity contribution < 1.29 is 14.3 Å². The predicted molar refractivity (Wildman–Crippen MR) is 127 cm³/mol. The molecule has 0 aliphatic carbocycles. The first-order valence-electron chi connectivity index (χ1n) is 9.99. The molecule has 4 rings (SSSR count). The molecule has 2 N–H and O–H groups in total. The second-order valence-electron chi connectivity index (χ2n) is 7.06. The quantitative estimate of drug-likeness (QED) is 0.360. The van der Waals surface area contributed by atoms with Crippen molar-refractivity contribution >= 4 is 39.7 Å². The molecule has 0 spiro atoms. The molecule has 1 amide bonds. The summed E-state index contributed by atoms with van der Waals surface area (Å²) in [5.41, 5.74) is 4.72. The molecule has 1 aromatic heterocycles. The zero-order valence-corrected chi connectivity index (χ0v) is 18.2. The Hall–Kier alpha value is -3.97. The number of nitrogens with zero attached hydrogens (tertiary/aromatic N) is 1. The second kappa shape index (κ2) is 9.89. The zero-order valence-electron chi connectivity index (χ0n) is 17.4. The minimum absolute atomic E-state index is 0.347. The molecule has 0 saturated carbocycles. The van der Waals surface area contributed by atoms with Crippen LogP contribution in [0.15, 0.2) is 84.2 Å². The topological polar surface area (TPSA) is 80.3 Å². The van der Waals surface area contributed by atoms with E-state index in [1.54, 1.807) is 18.2 Å². The summed E-state index contributed by atoms with van der Waals surface area (Å²) in [6.07, 6.45) is 0. The Bertz CT molecular complexity index is 1220. The number of benzene rings is 3. The number of para-hydroxylation sites is 2. The van der Waals surface area contributed by atoms with Crippen molar-refractivity contribution in [1.82, 2.24) is 4.98 Å². The Morgan fingerprint density at radius 2 is 1.66 bits per heavy atom. The van der Waals surface area contributed by atoms with Crippen molar-refractivity contribution in [2.45, 2.75) is 6.92 Å². The predicted octanol–water partition coefficient (Wildman–Crippen LogP) is 5.66. The smallest absolute Gasteiger partial charge is 0.340 e. The van der Waals surface area contributed by atoms with Crippen LogP contribution >= 0.6 is 11.3 Å². The highest BCUT2D eigenvalue weighted by atomic mass is 32.1. The summed E-state index contributed by atoms with van der Waals surface area (Å²) in [7, 11) is 0. The van der Waals surface area contributed by atoms with Gasteiger partial charge in [0.25, 0.3) is 5.91 Å². The molecule has 7 heteroatoms. The number of hydrogen-bond acceptors (Lipinski definition) is 6. The van der Waals surface area contributed by atoms with Gasteiger partial charge in [-0.1, -0.05) is 60.2 Å². The summed E-state index contributed by atoms with van der Waals surface area (Å²) < 4.78 is 5.23. The van der Waals surface area contributed by atoms with E-state index in [1.807, 2.05) is 73.0 Å². The van der Waals surface area contributed by atoms with E-state index in [-0.39, 0.29) is 0 Å². The molecule has 32 heavy (non-hydrogen) atoms. The molecule has 0 unspecified atom stereocenters. The molecule has 1 heterocycles. The third-order valence-corrected chi connectivity index (χ3v) is 5.39. The number of carbonyl (C=O) groups excluding carboxylic acids is 2. The summed E-state index contributed by atoms with van der Waals surface area (Å²) in [4.78, 5) is 29.3. The lowest BCUT2D eigenvalue weighted by atomic mass is 10.1. The number of amides is 1. The van der Waals surface area contributed by atoms with Crippen LogP contribution in [0.5, 0.6) is 0 Å². The number of thiazole rings is 1. The standard InChI is InChI=1S/C25H21N3O3S/c1-17-11-13-18(14-12-17)22-16-32-25(27-22)28-23(29)15-31-24(30)20-9-5-6-10-21(20)26-19-7-3-2-4-8-19/h2-14,16,26H,15H2,1H3,(H,27,28,29). The number of nitrogens with one attached hydrogen (secondary N) is 2. The third-order valence-electron chi connectivity index (χ3n) is 4.63. The monoisotopic (exact) mass is 443 g/mol. The van der Waals surface area contributed by atoms with E-state index in [2.05, 4.69) is 15.6 Å². The SMILES string of the molecule is Cc1ccc(-c2csc(NC(=O)COC(=O)c3ccccc3Nc3ccccc3)n2)cc1. The molecule has 160 valence electrons.